The van der Waals surface area contributed by atoms with Crippen molar-refractivity contribution < 1.29 is 61.9 Å². The average Bonchev–Trinajstić information content (AvgIpc) is 2.88. The molecule has 0 spiro atoms. The van der Waals surface area contributed by atoms with Crippen molar-refractivity contribution in [3.05, 3.63) is 23.8 Å². The molecule has 5 atom stereocenters. The lowest BCUT2D eigenvalue weighted by atomic mass is 9.96. The lowest BCUT2D eigenvalue weighted by Gasteiger charge is -2.44. The van der Waals surface area contributed by atoms with Gasteiger partial charge in [0, 0.05) is 39.3 Å². The molecule has 14 nitrogen and oxygen atoms in total. The lowest BCUT2D eigenvalue weighted by molar-refractivity contribution is -0.270. The minimum Gasteiger partial charge on any atom is -0.493 e. The summed E-state index contributed by atoms with van der Waals surface area (Å²) in [6.45, 7) is 4.04. The van der Waals surface area contributed by atoms with E-state index in [-0.39, 0.29) is 0 Å². The fraction of sp³-hybridized carbons (Fsp3) is 0.500. The molecule has 14 heteroatoms. The monoisotopic (exact) mass is 567 g/mol. The Morgan fingerprint density at radius 2 is 1.40 bits per heavy atom. The summed E-state index contributed by atoms with van der Waals surface area (Å²) in [5.74, 6) is -2.71. The number of carbonyl (C=O) groups is 5. The Balaban J connectivity index is 2.44. The number of benzene rings is 1. The number of amides is 1. The van der Waals surface area contributed by atoms with Crippen LogP contribution in [0.25, 0.3) is 6.08 Å². The predicted octanol–water partition coefficient (Wildman–Crippen LogP) is 0.925. The summed E-state index contributed by atoms with van der Waals surface area (Å²) in [5, 5.41) is 2.58. The number of hydrogen-bond donors (Lipinski definition) is 1. The van der Waals surface area contributed by atoms with Crippen LogP contribution in [-0.4, -0.2) is 88.4 Å². The molecule has 40 heavy (non-hydrogen) atoms. The predicted molar refractivity (Wildman–Crippen MR) is 135 cm³/mol. The van der Waals surface area contributed by atoms with E-state index in [0.29, 0.717) is 22.8 Å². The maximum atomic E-state index is 13.0. The first-order valence-corrected chi connectivity index (χ1v) is 12.0. The summed E-state index contributed by atoms with van der Waals surface area (Å²) in [4.78, 5) is 60.2. The van der Waals surface area contributed by atoms with Crippen molar-refractivity contribution in [2.45, 2.75) is 58.3 Å². The lowest BCUT2D eigenvalue weighted by Crippen LogP contribution is -2.66. The van der Waals surface area contributed by atoms with E-state index in [4.69, 9.17) is 37.9 Å². The van der Waals surface area contributed by atoms with Gasteiger partial charge in [-0.3, -0.25) is 24.0 Å². The zero-order valence-corrected chi connectivity index (χ0v) is 23.2. The van der Waals surface area contributed by atoms with Crippen LogP contribution in [0, 0.1) is 0 Å². The van der Waals surface area contributed by atoms with Crippen LogP contribution in [0.5, 0.6) is 17.2 Å². The van der Waals surface area contributed by atoms with E-state index in [1.54, 1.807) is 12.1 Å². The molecule has 1 N–H and O–H groups in total. The SMILES string of the molecule is COc1ccc(/C=C/C(=O)N[C@H]2[C@H](OC(C)=O)O[C@H](COC(C)=O)[C@H](OC(C)=O)[C@@H]2OC(C)=O)c(OC)c1OC. The fourth-order valence-electron chi connectivity index (χ4n) is 3.95. The zero-order valence-electron chi connectivity index (χ0n) is 23.2. The molecule has 1 heterocycles. The number of carbonyl (C=O) groups excluding carboxylic acids is 5. The smallest absolute Gasteiger partial charge is 0.305 e. The standard InChI is InChI=1S/C26H33NO13/c1-13(28)36-12-19-24(37-14(2)29)25(38-15(3)30)21(26(40-19)39-16(4)31)27-20(32)11-9-17-8-10-18(33-5)23(35-7)22(17)34-6/h8-11,19,21,24-26H,12H2,1-7H3,(H,27,32)/b11-9+/t19-,21-,24+,25-,26-/m1/s1. The number of methoxy groups -OCH3 is 3. The van der Waals surface area contributed by atoms with Gasteiger partial charge in [-0.05, 0) is 18.2 Å². The minimum absolute atomic E-state index is 0.297. The molecule has 0 saturated carbocycles. The van der Waals surface area contributed by atoms with E-state index in [2.05, 4.69) is 5.32 Å². The van der Waals surface area contributed by atoms with Gasteiger partial charge >= 0.3 is 23.9 Å². The largest absolute Gasteiger partial charge is 0.493 e. The molecule has 0 aromatic heterocycles. The van der Waals surface area contributed by atoms with E-state index in [0.717, 1.165) is 33.8 Å². The van der Waals surface area contributed by atoms with Crippen molar-refractivity contribution in [2.24, 2.45) is 0 Å². The molecule has 0 aliphatic carbocycles. The molecule has 1 amide bonds. The molecule has 1 aliphatic heterocycles. The number of esters is 4. The van der Waals surface area contributed by atoms with Crippen molar-refractivity contribution >= 4 is 35.9 Å². The molecular weight excluding hydrogens is 534 g/mol. The maximum absolute atomic E-state index is 13.0. The molecule has 1 aromatic rings. The van der Waals surface area contributed by atoms with Crippen molar-refractivity contribution in [3.63, 3.8) is 0 Å². The van der Waals surface area contributed by atoms with Gasteiger partial charge in [0.25, 0.3) is 0 Å². The molecule has 1 saturated heterocycles. The number of nitrogens with one attached hydrogen (secondary N) is 1. The topological polar surface area (TPSA) is 171 Å². The van der Waals surface area contributed by atoms with E-state index in [1.807, 2.05) is 0 Å². The van der Waals surface area contributed by atoms with Crippen LogP contribution in [-0.2, 0) is 47.7 Å². The number of rotatable bonds is 11. The average molecular weight is 568 g/mol. The highest BCUT2D eigenvalue weighted by molar-refractivity contribution is 5.92. The van der Waals surface area contributed by atoms with E-state index >= 15 is 0 Å². The van der Waals surface area contributed by atoms with Crippen LogP contribution in [0.2, 0.25) is 0 Å². The molecule has 0 bridgehead atoms. The summed E-state index contributed by atoms with van der Waals surface area (Å²) in [6, 6.07) is 1.91. The maximum Gasteiger partial charge on any atom is 0.305 e. The molecule has 1 aromatic carbocycles. The highest BCUT2D eigenvalue weighted by Gasteiger charge is 2.52. The Morgan fingerprint density at radius 1 is 0.800 bits per heavy atom. The highest BCUT2D eigenvalue weighted by Crippen LogP contribution is 2.40. The normalized spacial score (nSPS) is 22.0. The quantitative estimate of drug-likeness (QED) is 0.228. The summed E-state index contributed by atoms with van der Waals surface area (Å²) < 4.78 is 42.8. The molecule has 0 unspecified atom stereocenters. The molecular formula is C26H33NO13. The van der Waals surface area contributed by atoms with Crippen molar-refractivity contribution in [1.29, 1.82) is 0 Å². The van der Waals surface area contributed by atoms with E-state index in [9.17, 15) is 24.0 Å². The van der Waals surface area contributed by atoms with Gasteiger partial charge in [-0.2, -0.15) is 0 Å². The highest BCUT2D eigenvalue weighted by atomic mass is 16.7. The van der Waals surface area contributed by atoms with Crippen LogP contribution in [0.3, 0.4) is 0 Å². The van der Waals surface area contributed by atoms with E-state index < -0.39 is 67.0 Å². The van der Waals surface area contributed by atoms with Crippen molar-refractivity contribution in [3.8, 4) is 17.2 Å². The third kappa shape index (κ3) is 8.59. The van der Waals surface area contributed by atoms with Gasteiger partial charge in [-0.1, -0.05) is 0 Å². The first-order chi connectivity index (χ1) is 18.9. The van der Waals surface area contributed by atoms with Crippen LogP contribution >= 0.6 is 0 Å². The van der Waals surface area contributed by atoms with Crippen LogP contribution in [0.15, 0.2) is 18.2 Å². The summed E-state index contributed by atoms with van der Waals surface area (Å²) in [7, 11) is 4.32. The second kappa shape index (κ2) is 14.7. The molecule has 220 valence electrons. The second-order valence-electron chi connectivity index (χ2n) is 8.39. The Kier molecular flexibility index (Phi) is 11.7. The first-order valence-electron chi connectivity index (χ1n) is 12.0. The van der Waals surface area contributed by atoms with Crippen LogP contribution < -0.4 is 19.5 Å². The van der Waals surface area contributed by atoms with E-state index in [1.165, 1.54) is 27.4 Å². The zero-order chi connectivity index (χ0) is 30.0. The second-order valence-corrected chi connectivity index (χ2v) is 8.39. The Morgan fingerprint density at radius 3 is 1.93 bits per heavy atom. The first kappa shape index (κ1) is 31.9. The number of hydrogen-bond acceptors (Lipinski definition) is 13. The van der Waals surface area contributed by atoms with Crippen LogP contribution in [0.1, 0.15) is 33.3 Å². The molecule has 0 radical (unpaired) electrons. The molecule has 1 fully saturated rings. The van der Waals surface area contributed by atoms with Crippen molar-refractivity contribution in [2.75, 3.05) is 27.9 Å². The van der Waals surface area contributed by atoms with Gasteiger partial charge in [0.15, 0.2) is 23.7 Å². The third-order valence-electron chi connectivity index (χ3n) is 5.44. The van der Waals surface area contributed by atoms with Gasteiger partial charge < -0.3 is 43.2 Å². The fourth-order valence-corrected chi connectivity index (χ4v) is 3.95. The minimum atomic E-state index is -1.51. The number of ether oxygens (including phenoxy) is 8. The summed E-state index contributed by atoms with van der Waals surface area (Å²) in [5.41, 5.74) is 0.461. The summed E-state index contributed by atoms with van der Waals surface area (Å²) in [6.07, 6.45) is -2.89. The molecule has 2 rings (SSSR count). The van der Waals surface area contributed by atoms with Gasteiger partial charge in [0.2, 0.25) is 17.9 Å². The van der Waals surface area contributed by atoms with Gasteiger partial charge in [-0.25, -0.2) is 0 Å². The molecule has 1 aliphatic rings. The van der Waals surface area contributed by atoms with Gasteiger partial charge in [0.05, 0.1) is 21.3 Å². The Hall–Kier alpha value is -4.33. The van der Waals surface area contributed by atoms with Gasteiger partial charge in [0.1, 0.15) is 18.8 Å². The Bertz CT molecular complexity index is 1130. The third-order valence-corrected chi connectivity index (χ3v) is 5.44. The Labute approximate surface area is 230 Å². The van der Waals surface area contributed by atoms with Gasteiger partial charge in [-0.15, -0.1) is 0 Å². The van der Waals surface area contributed by atoms with Crippen LogP contribution in [0.4, 0.5) is 0 Å². The van der Waals surface area contributed by atoms with Crippen molar-refractivity contribution in [1.82, 2.24) is 5.32 Å². The summed E-state index contributed by atoms with van der Waals surface area (Å²) >= 11 is 0.